The van der Waals surface area contributed by atoms with Gasteiger partial charge in [-0.25, -0.2) is 0 Å². The molecule has 1 rings (SSSR count). The zero-order valence-electron chi connectivity index (χ0n) is 12.4. The first-order valence-corrected chi connectivity index (χ1v) is 6.50. The van der Waals surface area contributed by atoms with Crippen molar-refractivity contribution in [2.75, 3.05) is 7.11 Å². The van der Waals surface area contributed by atoms with Crippen LogP contribution in [0.3, 0.4) is 0 Å². The van der Waals surface area contributed by atoms with Crippen LogP contribution in [0.15, 0.2) is 71.6 Å². The fourth-order valence-electron chi connectivity index (χ4n) is 1.57. The summed E-state index contributed by atoms with van der Waals surface area (Å²) in [6.07, 6.45) is 9.54. The van der Waals surface area contributed by atoms with Crippen molar-refractivity contribution < 1.29 is 4.74 Å². The predicted molar refractivity (Wildman–Crippen MR) is 89.4 cm³/mol. The second kappa shape index (κ2) is 8.43. The molecule has 0 fully saturated rings. The zero-order chi connectivity index (χ0) is 15.7. The molecule has 0 radical (unpaired) electrons. The van der Waals surface area contributed by atoms with Crippen molar-refractivity contribution in [2.45, 2.75) is 6.92 Å². The Morgan fingerprint density at radius 2 is 1.86 bits per heavy atom. The Labute approximate surface area is 125 Å². The summed E-state index contributed by atoms with van der Waals surface area (Å²) >= 11 is 0. The molecule has 4 N–H and O–H groups in total. The van der Waals surface area contributed by atoms with Gasteiger partial charge in [-0.1, -0.05) is 49.1 Å². The quantitative estimate of drug-likeness (QED) is 0.210. The maximum atomic E-state index is 5.63. The maximum absolute atomic E-state index is 5.63. The van der Waals surface area contributed by atoms with Crippen molar-refractivity contribution >= 4 is 11.9 Å². The smallest absolute Gasteiger partial charge is 0.150 e. The van der Waals surface area contributed by atoms with Crippen molar-refractivity contribution in [1.82, 2.24) is 0 Å². The van der Waals surface area contributed by atoms with E-state index in [1.165, 1.54) is 0 Å². The van der Waals surface area contributed by atoms with Crippen LogP contribution in [0, 0.1) is 0 Å². The minimum absolute atomic E-state index is 0.316. The number of nitrogens with two attached hydrogens (primary N) is 2. The molecule has 0 aromatic heterocycles. The molecule has 1 aromatic rings. The molecule has 4 heteroatoms. The molecule has 21 heavy (non-hydrogen) atoms. The van der Waals surface area contributed by atoms with E-state index in [-0.39, 0.29) is 0 Å². The molecular weight excluding hydrogens is 262 g/mol. The van der Waals surface area contributed by atoms with Gasteiger partial charge in [0.2, 0.25) is 0 Å². The van der Waals surface area contributed by atoms with Crippen molar-refractivity contribution in [3.63, 3.8) is 0 Å². The Hall–Kier alpha value is -2.75. The third-order valence-corrected chi connectivity index (χ3v) is 2.82. The molecule has 0 aliphatic heterocycles. The van der Waals surface area contributed by atoms with Gasteiger partial charge >= 0.3 is 0 Å². The van der Waals surface area contributed by atoms with Gasteiger partial charge in [0.15, 0.2) is 0 Å². The highest BCUT2D eigenvalue weighted by Gasteiger charge is 1.96. The van der Waals surface area contributed by atoms with Gasteiger partial charge in [-0.05, 0) is 30.2 Å². The third kappa shape index (κ3) is 5.40. The Bertz CT molecular complexity index is 593. The van der Waals surface area contributed by atoms with E-state index < -0.39 is 0 Å². The van der Waals surface area contributed by atoms with Gasteiger partial charge in [0, 0.05) is 5.56 Å². The van der Waals surface area contributed by atoms with Gasteiger partial charge in [-0.2, -0.15) is 5.10 Å². The molecule has 0 saturated carbocycles. The average molecular weight is 283 g/mol. The lowest BCUT2D eigenvalue weighted by Gasteiger charge is -2.00. The first-order valence-electron chi connectivity index (χ1n) is 6.50. The molecular formula is C17H21N3O. The summed E-state index contributed by atoms with van der Waals surface area (Å²) in [5.74, 6) is 6.25. The Kier molecular flexibility index (Phi) is 6.54. The molecule has 0 heterocycles. The molecule has 110 valence electrons. The van der Waals surface area contributed by atoms with E-state index in [2.05, 4.69) is 11.7 Å². The molecule has 4 nitrogen and oxygen atoms in total. The summed E-state index contributed by atoms with van der Waals surface area (Å²) in [4.78, 5) is 0. The lowest BCUT2D eigenvalue weighted by atomic mass is 10.1. The van der Waals surface area contributed by atoms with Gasteiger partial charge in [-0.3, -0.25) is 0 Å². The number of amidine groups is 1. The number of allylic oxidation sites excluding steroid dienone is 5. The highest BCUT2D eigenvalue weighted by molar-refractivity contribution is 5.97. The number of nitrogens with zero attached hydrogens (tertiary/aromatic N) is 1. The van der Waals surface area contributed by atoms with Crippen molar-refractivity contribution in [2.24, 2.45) is 16.7 Å². The van der Waals surface area contributed by atoms with Crippen molar-refractivity contribution in [1.29, 1.82) is 0 Å². The van der Waals surface area contributed by atoms with Crippen molar-refractivity contribution in [3.8, 4) is 0 Å². The van der Waals surface area contributed by atoms with Crippen LogP contribution < -0.4 is 11.6 Å². The molecule has 0 aliphatic rings. The SMILES string of the molecule is C=C(/C=C\C(=C/C)OC)/C=C/c1ccc(/C(N)=N/N)cc1. The zero-order valence-corrected chi connectivity index (χ0v) is 12.4. The minimum Gasteiger partial charge on any atom is -0.497 e. The van der Waals surface area contributed by atoms with Crippen molar-refractivity contribution in [3.05, 3.63) is 77.6 Å². The second-order valence-corrected chi connectivity index (χ2v) is 4.27. The van der Waals surface area contributed by atoms with Gasteiger partial charge in [0.1, 0.15) is 11.6 Å². The summed E-state index contributed by atoms with van der Waals surface area (Å²) in [7, 11) is 1.64. The largest absolute Gasteiger partial charge is 0.497 e. The van der Waals surface area contributed by atoms with Crippen LogP contribution >= 0.6 is 0 Å². The number of hydrazone groups is 1. The van der Waals surface area contributed by atoms with Gasteiger partial charge in [0.25, 0.3) is 0 Å². The number of hydrogen-bond acceptors (Lipinski definition) is 3. The number of hydrogen-bond donors (Lipinski definition) is 2. The number of rotatable bonds is 6. The number of ether oxygens (including phenoxy) is 1. The van der Waals surface area contributed by atoms with E-state index >= 15 is 0 Å². The third-order valence-electron chi connectivity index (χ3n) is 2.82. The van der Waals surface area contributed by atoms with Crippen LogP contribution in [0.5, 0.6) is 0 Å². The van der Waals surface area contributed by atoms with Gasteiger partial charge < -0.3 is 16.3 Å². The fraction of sp³-hybridized carbons (Fsp3) is 0.118. The molecule has 0 spiro atoms. The summed E-state index contributed by atoms with van der Waals surface area (Å²) in [5.41, 5.74) is 8.34. The topological polar surface area (TPSA) is 73.6 Å². The van der Waals surface area contributed by atoms with Gasteiger partial charge in [0.05, 0.1) is 7.11 Å². The molecule has 0 unspecified atom stereocenters. The Morgan fingerprint density at radius 1 is 1.19 bits per heavy atom. The lowest BCUT2D eigenvalue weighted by molar-refractivity contribution is 0.306. The van der Waals surface area contributed by atoms with Crippen LogP contribution in [0.25, 0.3) is 6.08 Å². The summed E-state index contributed by atoms with van der Waals surface area (Å²) < 4.78 is 5.13. The van der Waals surface area contributed by atoms with Gasteiger partial charge in [-0.15, -0.1) is 0 Å². The van der Waals surface area contributed by atoms with Crippen LogP contribution in [-0.2, 0) is 4.74 Å². The summed E-state index contributed by atoms with van der Waals surface area (Å²) in [5, 5.41) is 3.46. The van der Waals surface area contributed by atoms with E-state index in [1.807, 2.05) is 61.6 Å². The predicted octanol–water partition coefficient (Wildman–Crippen LogP) is 2.94. The first kappa shape index (κ1) is 16.3. The Morgan fingerprint density at radius 3 is 2.38 bits per heavy atom. The normalized spacial score (nSPS) is 13.0. The first-order chi connectivity index (χ1) is 10.1. The van der Waals surface area contributed by atoms with E-state index in [1.54, 1.807) is 7.11 Å². The van der Waals surface area contributed by atoms with Crippen LogP contribution in [0.4, 0.5) is 0 Å². The average Bonchev–Trinajstić information content (AvgIpc) is 2.53. The molecule has 0 atom stereocenters. The maximum Gasteiger partial charge on any atom is 0.150 e. The van der Waals surface area contributed by atoms with E-state index in [0.717, 1.165) is 22.5 Å². The number of benzene rings is 1. The minimum atomic E-state index is 0.316. The molecule has 0 saturated heterocycles. The lowest BCUT2D eigenvalue weighted by Crippen LogP contribution is -2.15. The van der Waals surface area contributed by atoms with E-state index in [4.69, 9.17) is 16.3 Å². The molecule has 0 aliphatic carbocycles. The Balaban J connectivity index is 2.70. The fourth-order valence-corrected chi connectivity index (χ4v) is 1.57. The van der Waals surface area contributed by atoms with Crippen LogP contribution in [0.1, 0.15) is 18.1 Å². The van der Waals surface area contributed by atoms with E-state index in [0.29, 0.717) is 5.84 Å². The standard InChI is InChI=1S/C17H21N3O/c1-4-16(21-3)12-6-13(2)5-7-14-8-10-15(11-9-14)17(18)20-19/h4-12H,2,19H2,1,3H3,(H2,18,20)/b7-5+,12-6-,16-4+. The summed E-state index contributed by atoms with van der Waals surface area (Å²) in [6.45, 7) is 5.87. The van der Waals surface area contributed by atoms with E-state index in [9.17, 15) is 0 Å². The molecule has 1 aromatic carbocycles. The number of methoxy groups -OCH3 is 1. The highest BCUT2D eigenvalue weighted by Crippen LogP contribution is 2.09. The molecule has 0 amide bonds. The second-order valence-electron chi connectivity index (χ2n) is 4.27. The molecule has 0 bridgehead atoms. The highest BCUT2D eigenvalue weighted by atomic mass is 16.5. The monoisotopic (exact) mass is 283 g/mol. The summed E-state index contributed by atoms with van der Waals surface area (Å²) in [6, 6.07) is 7.61. The van der Waals surface area contributed by atoms with Crippen LogP contribution in [-0.4, -0.2) is 12.9 Å². The van der Waals surface area contributed by atoms with Crippen LogP contribution in [0.2, 0.25) is 0 Å².